The van der Waals surface area contributed by atoms with Crippen molar-refractivity contribution in [3.8, 4) is 0 Å². The van der Waals surface area contributed by atoms with Crippen LogP contribution in [-0.2, 0) is 31.9 Å². The average molecular weight is 207 g/mol. The Morgan fingerprint density at radius 1 is 1.88 bits per heavy atom. The smallest absolute Gasteiger partial charge is 0.488 e. The van der Waals surface area contributed by atoms with E-state index in [1.165, 1.54) is 7.11 Å². The van der Waals surface area contributed by atoms with E-state index in [9.17, 15) is 4.79 Å². The molecule has 4 nitrogen and oxygen atoms in total. The molecular formula is C3H3AgN2O2. The van der Waals surface area contributed by atoms with Gasteiger partial charge in [-0.15, -0.1) is 0 Å². The maximum atomic E-state index is 9.82. The van der Waals surface area contributed by atoms with Crippen LogP contribution in [0.2, 0.25) is 0 Å². The maximum absolute atomic E-state index is 9.82. The molecule has 8 heavy (non-hydrogen) atoms. The van der Waals surface area contributed by atoms with Crippen LogP contribution in [0.5, 0.6) is 0 Å². The van der Waals surface area contributed by atoms with Crippen molar-refractivity contribution in [2.75, 3.05) is 7.11 Å². The van der Waals surface area contributed by atoms with Crippen LogP contribution in [0.4, 0.5) is 0 Å². The fraction of sp³-hybridized carbons (Fsp3) is 0.333. The molecule has 5 heteroatoms. The Hall–Kier alpha value is -0.410. The van der Waals surface area contributed by atoms with Crippen molar-refractivity contribution in [3.63, 3.8) is 0 Å². The van der Waals surface area contributed by atoms with Crippen molar-refractivity contribution in [1.29, 1.82) is 0 Å². The summed E-state index contributed by atoms with van der Waals surface area (Å²) in [6, 6.07) is 0. The Kier molecular flexibility index (Phi) is 8.69. The van der Waals surface area contributed by atoms with E-state index >= 15 is 0 Å². The predicted molar refractivity (Wildman–Crippen MR) is 20.6 cm³/mol. The molecular weight excluding hydrogens is 204 g/mol. The van der Waals surface area contributed by atoms with Gasteiger partial charge in [0.05, 0.1) is 13.3 Å². The van der Waals surface area contributed by atoms with Gasteiger partial charge in [0.1, 0.15) is 0 Å². The molecule has 0 saturated carbocycles. The van der Waals surface area contributed by atoms with Crippen LogP contribution in [0.3, 0.4) is 0 Å². The van der Waals surface area contributed by atoms with Crippen LogP contribution in [0.25, 0.3) is 5.53 Å². The summed E-state index contributed by atoms with van der Waals surface area (Å²) in [6.45, 7) is 0. The minimum Gasteiger partial charge on any atom is -0.488 e. The second-order valence-corrected chi connectivity index (χ2v) is 0.703. The van der Waals surface area contributed by atoms with Gasteiger partial charge in [-0.2, -0.15) is 0 Å². The summed E-state index contributed by atoms with van der Waals surface area (Å²) in [5.74, 6) is -0.789. The van der Waals surface area contributed by atoms with E-state index in [1.54, 1.807) is 6.21 Å². The normalized spacial score (nSPS) is 5.62. The molecule has 0 aliphatic carbocycles. The zero-order valence-corrected chi connectivity index (χ0v) is 5.49. The minimum atomic E-state index is -0.789. The van der Waals surface area contributed by atoms with Gasteiger partial charge in [-0.05, 0) is 0 Å². The summed E-state index contributed by atoms with van der Waals surface area (Å²) in [4.78, 5) is 12.1. The van der Waals surface area contributed by atoms with Gasteiger partial charge in [0.25, 0.3) is 0 Å². The monoisotopic (exact) mass is 206 g/mol. The summed E-state index contributed by atoms with van der Waals surface area (Å²) < 4.78 is 3.99. The van der Waals surface area contributed by atoms with Crippen LogP contribution in [-0.4, -0.2) is 24.1 Å². The number of ether oxygens (including phenoxy) is 1. The van der Waals surface area contributed by atoms with E-state index in [0.29, 0.717) is 0 Å². The molecule has 0 aliphatic rings. The van der Waals surface area contributed by atoms with Gasteiger partial charge in [-0.1, -0.05) is 0 Å². The Morgan fingerprint density at radius 3 is 2.50 bits per heavy atom. The van der Waals surface area contributed by atoms with Crippen molar-refractivity contribution in [3.05, 3.63) is 5.53 Å². The Bertz CT molecular complexity index is 118. The number of esters is 1. The topological polar surface area (TPSA) is 62.7 Å². The minimum absolute atomic E-state index is 0. The first-order valence-electron chi connectivity index (χ1n) is 1.49. The number of nitrogens with zero attached hydrogens (tertiary/aromatic N) is 2. The van der Waals surface area contributed by atoms with Crippen LogP contribution >= 0.6 is 0 Å². The van der Waals surface area contributed by atoms with Crippen LogP contribution in [0, 0.1) is 0 Å². The first-order valence-corrected chi connectivity index (χ1v) is 1.49. The van der Waals surface area contributed by atoms with Gasteiger partial charge in [0.15, 0.2) is 0 Å². The zero-order valence-electron chi connectivity index (χ0n) is 4.01. The first-order chi connectivity index (χ1) is 3.31. The van der Waals surface area contributed by atoms with E-state index < -0.39 is 5.97 Å². The zero-order chi connectivity index (χ0) is 5.70. The van der Waals surface area contributed by atoms with Crippen LogP contribution in [0.1, 0.15) is 0 Å². The molecule has 0 fully saturated rings. The van der Waals surface area contributed by atoms with Gasteiger partial charge in [0.2, 0.25) is 5.97 Å². The van der Waals surface area contributed by atoms with E-state index in [-0.39, 0.29) is 22.4 Å². The second kappa shape index (κ2) is 6.59. The number of hydrogen-bond donors (Lipinski definition) is 0. The van der Waals surface area contributed by atoms with Gasteiger partial charge >= 0.3 is 22.4 Å². The van der Waals surface area contributed by atoms with Crippen molar-refractivity contribution in [2.24, 2.45) is 0 Å². The number of methoxy groups -OCH3 is 1. The number of carbonyl (C=O) groups excluding carboxylic acids is 1. The summed E-state index contributed by atoms with van der Waals surface area (Å²) in [5.41, 5.74) is 7.58. The summed E-state index contributed by atoms with van der Waals surface area (Å²) in [5, 5.41) is 0. The molecule has 0 aromatic carbocycles. The predicted octanol–water partition coefficient (Wildman–Crippen LogP) is -0.665. The standard InChI is InChI=1S/C3H3N2O2.Ag/c1-7-3(6)2-5-4;/h1H3;/q-1;+1. The molecule has 0 heterocycles. The molecule has 48 valence electrons. The van der Waals surface area contributed by atoms with Crippen molar-refractivity contribution in [1.82, 2.24) is 0 Å². The molecule has 0 aliphatic heterocycles. The molecule has 0 unspecified atom stereocenters. The van der Waals surface area contributed by atoms with Crippen LogP contribution < -0.4 is 0 Å². The fourth-order valence-corrected chi connectivity index (χ4v) is 0.0865. The van der Waals surface area contributed by atoms with E-state index in [2.05, 4.69) is 9.53 Å². The molecule has 0 saturated heterocycles. The molecule has 0 aromatic rings. The largest absolute Gasteiger partial charge is 1.00 e. The molecule has 0 bridgehead atoms. The van der Waals surface area contributed by atoms with E-state index in [0.717, 1.165) is 0 Å². The molecule has 0 atom stereocenters. The van der Waals surface area contributed by atoms with Crippen molar-refractivity contribution in [2.45, 2.75) is 0 Å². The third-order valence-corrected chi connectivity index (χ3v) is 0.327. The van der Waals surface area contributed by atoms with E-state index in [4.69, 9.17) is 5.53 Å². The average Bonchev–Trinajstić information content (AvgIpc) is 1.68. The van der Waals surface area contributed by atoms with Gasteiger partial charge < -0.3 is 15.1 Å². The van der Waals surface area contributed by atoms with Crippen molar-refractivity contribution < 1.29 is 36.7 Å². The maximum Gasteiger partial charge on any atom is 1.00 e. The SMILES string of the molecule is COC(=O)[C-]=[N+]=[N-].[Ag+]. The summed E-state index contributed by atoms with van der Waals surface area (Å²) in [6.07, 6.45) is 1.61. The molecule has 0 spiro atoms. The van der Waals surface area contributed by atoms with Crippen molar-refractivity contribution >= 4 is 12.2 Å². The Balaban J connectivity index is 0. The van der Waals surface area contributed by atoms with Gasteiger partial charge in [-0.3, -0.25) is 4.79 Å². The molecule has 0 amide bonds. The fourth-order valence-electron chi connectivity index (χ4n) is 0.0865. The Labute approximate surface area is 62.0 Å². The quantitative estimate of drug-likeness (QED) is 0.143. The number of rotatable bonds is 1. The molecule has 0 rings (SSSR count). The second-order valence-electron chi connectivity index (χ2n) is 0.703. The van der Waals surface area contributed by atoms with E-state index in [1.807, 2.05) is 0 Å². The number of hydrogen-bond acceptors (Lipinski definition) is 2. The van der Waals surface area contributed by atoms with Gasteiger partial charge in [0, 0.05) is 0 Å². The Morgan fingerprint density at radius 2 is 2.38 bits per heavy atom. The summed E-state index contributed by atoms with van der Waals surface area (Å²) >= 11 is 0. The van der Waals surface area contributed by atoms with Crippen LogP contribution in [0.15, 0.2) is 0 Å². The summed E-state index contributed by atoms with van der Waals surface area (Å²) in [7, 11) is 1.17. The number of carbonyl (C=O) groups is 1. The molecule has 0 N–H and O–H groups in total. The first kappa shape index (κ1) is 10.5. The molecule has 0 radical (unpaired) electrons. The van der Waals surface area contributed by atoms with Gasteiger partial charge in [-0.25, -0.2) is 0 Å². The third-order valence-electron chi connectivity index (χ3n) is 0.327. The third kappa shape index (κ3) is 5.59. The molecule has 0 aromatic heterocycles.